The van der Waals surface area contributed by atoms with Crippen LogP contribution in [0.3, 0.4) is 0 Å². The monoisotopic (exact) mass is 464 g/mol. The van der Waals surface area contributed by atoms with Crippen LogP contribution in [-0.4, -0.2) is 48.7 Å². The summed E-state index contributed by atoms with van der Waals surface area (Å²) >= 11 is 0. The molecule has 0 spiro atoms. The molecule has 0 atom stereocenters. The number of amides is 1. The highest BCUT2D eigenvalue weighted by molar-refractivity contribution is 5.95. The third kappa shape index (κ3) is 4.36. The summed E-state index contributed by atoms with van der Waals surface area (Å²) in [6.45, 7) is 0.421. The smallest absolute Gasteiger partial charge is 0.249 e. The first-order valence-electron chi connectivity index (χ1n) is 10.7. The van der Waals surface area contributed by atoms with Gasteiger partial charge in [0.25, 0.3) is 0 Å². The van der Waals surface area contributed by atoms with Crippen molar-refractivity contribution in [3.63, 3.8) is 0 Å². The summed E-state index contributed by atoms with van der Waals surface area (Å²) in [5, 5.41) is 5.22. The Bertz CT molecular complexity index is 1270. The maximum Gasteiger partial charge on any atom is 0.249 e. The summed E-state index contributed by atoms with van der Waals surface area (Å²) in [5.74, 6) is 2.04. The lowest BCUT2D eigenvalue weighted by Gasteiger charge is -2.25. The van der Waals surface area contributed by atoms with E-state index in [4.69, 9.17) is 18.9 Å². The summed E-state index contributed by atoms with van der Waals surface area (Å²) in [4.78, 5) is 15.2. The second-order valence-corrected chi connectivity index (χ2v) is 7.72. The van der Waals surface area contributed by atoms with E-state index in [1.807, 2.05) is 36.0 Å². The van der Waals surface area contributed by atoms with Crippen LogP contribution in [0.5, 0.6) is 23.0 Å². The van der Waals surface area contributed by atoms with E-state index in [0.29, 0.717) is 29.5 Å². The van der Waals surface area contributed by atoms with E-state index in [1.165, 1.54) is 0 Å². The van der Waals surface area contributed by atoms with E-state index >= 15 is 0 Å². The van der Waals surface area contributed by atoms with Gasteiger partial charge >= 0.3 is 0 Å². The minimum Gasteiger partial charge on any atom is -0.497 e. The molecule has 2 heterocycles. The van der Waals surface area contributed by atoms with E-state index in [-0.39, 0.29) is 12.5 Å². The van der Waals surface area contributed by atoms with Crippen molar-refractivity contribution in [3.05, 3.63) is 60.6 Å². The number of carbonyl (C=O) groups excluding carboxylic acids is 1. The largest absolute Gasteiger partial charge is 0.497 e. The standard InChI is InChI=1S/C25H28N4O5/c1-27-14-17(20-8-7-19(31-2)13-21(20)27)15-29(24(30)16-28-10-6-9-26-28)18-11-22(32-3)25(34-5)23(12-18)33-4/h6-14H,15-16H2,1-5H3. The molecule has 4 rings (SSSR count). The predicted octanol–water partition coefficient (Wildman–Crippen LogP) is 3.64. The lowest BCUT2D eigenvalue weighted by atomic mass is 10.1. The van der Waals surface area contributed by atoms with Crippen LogP contribution in [0.1, 0.15) is 5.56 Å². The predicted molar refractivity (Wildman–Crippen MR) is 129 cm³/mol. The maximum atomic E-state index is 13.5. The molecule has 2 aromatic carbocycles. The Balaban J connectivity index is 1.80. The molecule has 0 unspecified atom stereocenters. The van der Waals surface area contributed by atoms with Crippen LogP contribution in [-0.2, 0) is 24.9 Å². The zero-order valence-corrected chi connectivity index (χ0v) is 19.9. The fourth-order valence-corrected chi connectivity index (χ4v) is 4.04. The van der Waals surface area contributed by atoms with Gasteiger partial charge in [-0.3, -0.25) is 9.48 Å². The minimum absolute atomic E-state index is 0.0856. The molecule has 34 heavy (non-hydrogen) atoms. The van der Waals surface area contributed by atoms with Crippen LogP contribution >= 0.6 is 0 Å². The van der Waals surface area contributed by atoms with Crippen molar-refractivity contribution in [2.45, 2.75) is 13.1 Å². The second-order valence-electron chi connectivity index (χ2n) is 7.72. The van der Waals surface area contributed by atoms with Crippen molar-refractivity contribution < 1.29 is 23.7 Å². The van der Waals surface area contributed by atoms with E-state index in [0.717, 1.165) is 22.2 Å². The van der Waals surface area contributed by atoms with Gasteiger partial charge in [-0.2, -0.15) is 5.10 Å². The Morgan fingerprint density at radius 1 is 1.00 bits per heavy atom. The highest BCUT2D eigenvalue weighted by atomic mass is 16.5. The van der Waals surface area contributed by atoms with Gasteiger partial charge in [-0.05, 0) is 23.8 Å². The fourth-order valence-electron chi connectivity index (χ4n) is 4.04. The van der Waals surface area contributed by atoms with Gasteiger partial charge in [0.05, 0.1) is 46.2 Å². The first-order chi connectivity index (χ1) is 16.5. The zero-order chi connectivity index (χ0) is 24.2. The third-order valence-corrected chi connectivity index (χ3v) is 5.73. The Morgan fingerprint density at radius 2 is 1.74 bits per heavy atom. The summed E-state index contributed by atoms with van der Waals surface area (Å²) in [6.07, 6.45) is 5.43. The van der Waals surface area contributed by atoms with Gasteiger partial charge in [0.1, 0.15) is 12.3 Å². The normalized spacial score (nSPS) is 10.9. The zero-order valence-electron chi connectivity index (χ0n) is 19.9. The number of ether oxygens (including phenoxy) is 4. The first kappa shape index (κ1) is 23.0. The van der Waals surface area contributed by atoms with Crippen molar-refractivity contribution in [2.24, 2.45) is 7.05 Å². The second kappa shape index (κ2) is 9.78. The van der Waals surface area contributed by atoms with Gasteiger partial charge in [0.2, 0.25) is 11.7 Å². The first-order valence-corrected chi connectivity index (χ1v) is 10.7. The molecule has 4 aromatic rings. The molecule has 2 aromatic heterocycles. The molecule has 0 saturated heterocycles. The molecule has 0 fully saturated rings. The van der Waals surface area contributed by atoms with Gasteiger partial charge in [-0.25, -0.2) is 0 Å². The topological polar surface area (TPSA) is 80.0 Å². The van der Waals surface area contributed by atoms with Gasteiger partial charge in [-0.15, -0.1) is 0 Å². The Labute approximate surface area is 198 Å². The van der Waals surface area contributed by atoms with Crippen LogP contribution in [0.4, 0.5) is 5.69 Å². The van der Waals surface area contributed by atoms with E-state index in [9.17, 15) is 4.79 Å². The summed E-state index contributed by atoms with van der Waals surface area (Å²) in [6, 6.07) is 11.2. The van der Waals surface area contributed by atoms with Crippen molar-refractivity contribution in [1.29, 1.82) is 0 Å². The lowest BCUT2D eigenvalue weighted by molar-refractivity contribution is -0.119. The van der Waals surface area contributed by atoms with Crippen molar-refractivity contribution in [1.82, 2.24) is 14.3 Å². The van der Waals surface area contributed by atoms with Crippen molar-refractivity contribution in [2.75, 3.05) is 33.3 Å². The number of anilines is 1. The van der Waals surface area contributed by atoms with Crippen LogP contribution < -0.4 is 23.8 Å². The molecule has 9 nitrogen and oxygen atoms in total. The number of aromatic nitrogens is 3. The Kier molecular flexibility index (Phi) is 6.62. The number of rotatable bonds is 9. The Hall–Kier alpha value is -4.14. The molecular weight excluding hydrogens is 436 g/mol. The molecule has 0 aliphatic heterocycles. The number of aryl methyl sites for hydroxylation is 1. The highest BCUT2D eigenvalue weighted by Gasteiger charge is 2.23. The van der Waals surface area contributed by atoms with E-state index in [2.05, 4.69) is 5.10 Å². The lowest BCUT2D eigenvalue weighted by Crippen LogP contribution is -2.33. The van der Waals surface area contributed by atoms with Gasteiger partial charge in [-0.1, -0.05) is 0 Å². The average molecular weight is 465 g/mol. The summed E-state index contributed by atoms with van der Waals surface area (Å²) in [7, 11) is 8.26. The number of nitrogens with zero attached hydrogens (tertiary/aromatic N) is 4. The van der Waals surface area contributed by atoms with Gasteiger partial charge < -0.3 is 28.4 Å². The summed E-state index contributed by atoms with van der Waals surface area (Å²) in [5.41, 5.74) is 2.62. The van der Waals surface area contributed by atoms with Crippen molar-refractivity contribution >= 4 is 22.5 Å². The SMILES string of the molecule is COc1ccc2c(CN(C(=O)Cn3cccn3)c3cc(OC)c(OC)c(OC)c3)cn(C)c2c1. The fraction of sp³-hybridized carbons (Fsp3) is 0.280. The van der Waals surface area contributed by atoms with E-state index in [1.54, 1.807) is 68.6 Å². The molecule has 0 saturated carbocycles. The van der Waals surface area contributed by atoms with E-state index < -0.39 is 0 Å². The number of hydrogen-bond donors (Lipinski definition) is 0. The molecule has 9 heteroatoms. The molecule has 0 aliphatic carbocycles. The highest BCUT2D eigenvalue weighted by Crippen LogP contribution is 2.41. The molecule has 1 amide bonds. The third-order valence-electron chi connectivity index (χ3n) is 5.73. The molecule has 0 aliphatic rings. The van der Waals surface area contributed by atoms with Gasteiger partial charge in [0.15, 0.2) is 11.5 Å². The van der Waals surface area contributed by atoms with Crippen LogP contribution in [0, 0.1) is 0 Å². The average Bonchev–Trinajstić information content (AvgIpc) is 3.48. The maximum absolute atomic E-state index is 13.5. The quantitative estimate of drug-likeness (QED) is 0.376. The van der Waals surface area contributed by atoms with Crippen LogP contribution in [0.25, 0.3) is 10.9 Å². The number of hydrogen-bond acceptors (Lipinski definition) is 6. The summed E-state index contributed by atoms with van der Waals surface area (Å²) < 4.78 is 25.5. The number of carbonyl (C=O) groups is 1. The van der Waals surface area contributed by atoms with Gasteiger partial charge in [0, 0.05) is 49.2 Å². The molecule has 0 radical (unpaired) electrons. The molecule has 0 N–H and O–H groups in total. The molecular formula is C25H28N4O5. The molecule has 178 valence electrons. The minimum atomic E-state index is -0.136. The number of fused-ring (bicyclic) bond motifs is 1. The van der Waals surface area contributed by atoms with Crippen LogP contribution in [0.2, 0.25) is 0 Å². The molecule has 0 bridgehead atoms. The number of benzene rings is 2. The van der Waals surface area contributed by atoms with Crippen molar-refractivity contribution in [3.8, 4) is 23.0 Å². The van der Waals surface area contributed by atoms with Crippen LogP contribution in [0.15, 0.2) is 55.0 Å². The number of methoxy groups -OCH3 is 4. The Morgan fingerprint density at radius 3 is 2.32 bits per heavy atom.